The molecule has 1 aromatic rings. The Balaban J connectivity index is 1.46. The van der Waals surface area contributed by atoms with E-state index in [0.29, 0.717) is 23.1 Å². The van der Waals surface area contributed by atoms with Gasteiger partial charge in [0, 0.05) is 32.3 Å². The number of carbonyl (C=O) groups is 1. The van der Waals surface area contributed by atoms with Crippen LogP contribution < -0.4 is 5.32 Å². The first kappa shape index (κ1) is 15.5. The van der Waals surface area contributed by atoms with Crippen LogP contribution in [0.25, 0.3) is 0 Å². The molecule has 2 aliphatic rings. The number of piperidine rings is 1. The first-order valence-corrected chi connectivity index (χ1v) is 8.21. The second-order valence-electron chi connectivity index (χ2n) is 6.38. The van der Waals surface area contributed by atoms with E-state index in [1.807, 2.05) is 0 Å². The van der Waals surface area contributed by atoms with Gasteiger partial charge in [0.05, 0.1) is 11.8 Å². The highest BCUT2D eigenvalue weighted by Crippen LogP contribution is 2.18. The van der Waals surface area contributed by atoms with Gasteiger partial charge in [0.1, 0.15) is 11.3 Å². The molecule has 6 nitrogen and oxygen atoms in total. The predicted molar refractivity (Wildman–Crippen MR) is 81.9 cm³/mol. The third-order valence-corrected chi connectivity index (χ3v) is 4.67. The lowest BCUT2D eigenvalue weighted by Crippen LogP contribution is -2.46. The summed E-state index contributed by atoms with van der Waals surface area (Å²) >= 11 is 0. The lowest BCUT2D eigenvalue weighted by atomic mass is 10.0. The SMILES string of the molecule is Cc1noc(C)c1C(=O)NC1CCN(CC2CCCO2)CC1. The summed E-state index contributed by atoms with van der Waals surface area (Å²) in [6, 6.07) is 0.238. The zero-order valence-corrected chi connectivity index (χ0v) is 13.4. The van der Waals surface area contributed by atoms with Gasteiger partial charge in [0.25, 0.3) is 5.91 Å². The molecule has 1 N–H and O–H groups in total. The smallest absolute Gasteiger partial charge is 0.257 e. The molecular formula is C16H25N3O3. The fourth-order valence-corrected chi connectivity index (χ4v) is 3.40. The van der Waals surface area contributed by atoms with Crippen LogP contribution in [0.1, 0.15) is 47.5 Å². The van der Waals surface area contributed by atoms with Crippen LogP contribution in [-0.4, -0.2) is 54.4 Å². The number of aryl methyl sites for hydroxylation is 2. The van der Waals surface area contributed by atoms with Crippen LogP contribution in [0, 0.1) is 13.8 Å². The molecule has 0 radical (unpaired) electrons. The second-order valence-corrected chi connectivity index (χ2v) is 6.38. The second kappa shape index (κ2) is 6.79. The summed E-state index contributed by atoms with van der Waals surface area (Å²) in [6.07, 6.45) is 4.76. The van der Waals surface area contributed by atoms with Crippen molar-refractivity contribution in [2.24, 2.45) is 0 Å². The molecule has 3 heterocycles. The Morgan fingerprint density at radius 1 is 1.32 bits per heavy atom. The monoisotopic (exact) mass is 307 g/mol. The molecule has 6 heteroatoms. The minimum absolute atomic E-state index is 0.0613. The highest BCUT2D eigenvalue weighted by molar-refractivity contribution is 5.96. The maximum absolute atomic E-state index is 12.3. The first-order valence-electron chi connectivity index (χ1n) is 8.21. The molecule has 1 unspecified atom stereocenters. The fourth-order valence-electron chi connectivity index (χ4n) is 3.40. The van der Waals surface area contributed by atoms with Crippen LogP contribution in [0.15, 0.2) is 4.52 Å². The zero-order chi connectivity index (χ0) is 15.5. The number of ether oxygens (including phenoxy) is 1. The molecule has 0 saturated carbocycles. The van der Waals surface area contributed by atoms with Crippen molar-refractivity contribution in [3.63, 3.8) is 0 Å². The number of rotatable bonds is 4. The van der Waals surface area contributed by atoms with Crippen molar-refractivity contribution in [3.05, 3.63) is 17.0 Å². The van der Waals surface area contributed by atoms with Crippen molar-refractivity contribution in [1.82, 2.24) is 15.4 Å². The van der Waals surface area contributed by atoms with Gasteiger partial charge in [0.2, 0.25) is 0 Å². The number of hydrogen-bond donors (Lipinski definition) is 1. The minimum atomic E-state index is -0.0613. The summed E-state index contributed by atoms with van der Waals surface area (Å²) < 4.78 is 10.8. The molecule has 0 aliphatic carbocycles. The Labute approximate surface area is 131 Å². The van der Waals surface area contributed by atoms with Crippen molar-refractivity contribution in [2.75, 3.05) is 26.2 Å². The molecule has 22 heavy (non-hydrogen) atoms. The quantitative estimate of drug-likeness (QED) is 0.916. The molecule has 0 bridgehead atoms. The Morgan fingerprint density at radius 3 is 2.68 bits per heavy atom. The maximum Gasteiger partial charge on any atom is 0.257 e. The lowest BCUT2D eigenvalue weighted by molar-refractivity contribution is 0.0612. The lowest BCUT2D eigenvalue weighted by Gasteiger charge is -2.33. The number of hydrogen-bond acceptors (Lipinski definition) is 5. The highest BCUT2D eigenvalue weighted by atomic mass is 16.5. The number of carbonyl (C=O) groups excluding carboxylic acids is 1. The van der Waals surface area contributed by atoms with Crippen molar-refractivity contribution in [1.29, 1.82) is 0 Å². The Morgan fingerprint density at radius 2 is 2.09 bits per heavy atom. The maximum atomic E-state index is 12.3. The molecule has 2 fully saturated rings. The summed E-state index contributed by atoms with van der Waals surface area (Å²) in [5, 5.41) is 6.96. The summed E-state index contributed by atoms with van der Waals surface area (Å²) in [4.78, 5) is 14.8. The van der Waals surface area contributed by atoms with E-state index >= 15 is 0 Å². The van der Waals surface area contributed by atoms with E-state index in [1.165, 1.54) is 12.8 Å². The van der Waals surface area contributed by atoms with Gasteiger partial charge in [-0.05, 0) is 39.5 Å². The van der Waals surface area contributed by atoms with Crippen LogP contribution in [-0.2, 0) is 4.74 Å². The van der Waals surface area contributed by atoms with E-state index in [0.717, 1.165) is 39.1 Å². The number of amides is 1. The van der Waals surface area contributed by atoms with Gasteiger partial charge in [0.15, 0.2) is 0 Å². The third kappa shape index (κ3) is 3.50. The van der Waals surface area contributed by atoms with Gasteiger partial charge < -0.3 is 19.5 Å². The van der Waals surface area contributed by atoms with Gasteiger partial charge in [-0.3, -0.25) is 4.79 Å². The van der Waals surface area contributed by atoms with E-state index in [4.69, 9.17) is 9.26 Å². The molecule has 3 rings (SSSR count). The predicted octanol–water partition coefficient (Wildman–Crippen LogP) is 1.66. The Kier molecular flexibility index (Phi) is 4.78. The summed E-state index contributed by atoms with van der Waals surface area (Å²) in [5.74, 6) is 0.527. The largest absolute Gasteiger partial charge is 0.377 e. The minimum Gasteiger partial charge on any atom is -0.377 e. The number of aromatic nitrogens is 1. The van der Waals surface area contributed by atoms with E-state index in [1.54, 1.807) is 13.8 Å². The molecule has 1 amide bonds. The van der Waals surface area contributed by atoms with E-state index in [-0.39, 0.29) is 11.9 Å². The van der Waals surface area contributed by atoms with Gasteiger partial charge >= 0.3 is 0 Å². The number of nitrogens with zero attached hydrogens (tertiary/aromatic N) is 2. The molecule has 0 aromatic carbocycles. The molecule has 0 spiro atoms. The van der Waals surface area contributed by atoms with E-state index in [9.17, 15) is 4.79 Å². The van der Waals surface area contributed by atoms with Gasteiger partial charge in [-0.2, -0.15) is 0 Å². The van der Waals surface area contributed by atoms with Crippen LogP contribution in [0.2, 0.25) is 0 Å². The Hall–Kier alpha value is -1.40. The van der Waals surface area contributed by atoms with E-state index < -0.39 is 0 Å². The molecule has 2 saturated heterocycles. The van der Waals surface area contributed by atoms with Gasteiger partial charge in [-0.15, -0.1) is 0 Å². The summed E-state index contributed by atoms with van der Waals surface area (Å²) in [5.41, 5.74) is 1.24. The highest BCUT2D eigenvalue weighted by Gasteiger charge is 2.26. The summed E-state index contributed by atoms with van der Waals surface area (Å²) in [6.45, 7) is 7.56. The first-order chi connectivity index (χ1) is 10.6. The topological polar surface area (TPSA) is 67.6 Å². The van der Waals surface area contributed by atoms with E-state index in [2.05, 4.69) is 15.4 Å². The summed E-state index contributed by atoms with van der Waals surface area (Å²) in [7, 11) is 0. The fraction of sp³-hybridized carbons (Fsp3) is 0.750. The van der Waals surface area contributed by atoms with Gasteiger partial charge in [-0.1, -0.05) is 5.16 Å². The van der Waals surface area contributed by atoms with Crippen molar-refractivity contribution < 1.29 is 14.1 Å². The van der Waals surface area contributed by atoms with Crippen molar-refractivity contribution >= 4 is 5.91 Å². The van der Waals surface area contributed by atoms with Crippen LogP contribution in [0.5, 0.6) is 0 Å². The number of likely N-dealkylation sites (tertiary alicyclic amines) is 1. The van der Waals surface area contributed by atoms with Crippen molar-refractivity contribution in [3.8, 4) is 0 Å². The standard InChI is InChI=1S/C16H25N3O3/c1-11-15(12(2)22-18-11)16(20)17-13-5-7-19(8-6-13)10-14-4-3-9-21-14/h13-14H,3-10H2,1-2H3,(H,17,20). The van der Waals surface area contributed by atoms with Crippen LogP contribution in [0.4, 0.5) is 0 Å². The van der Waals surface area contributed by atoms with Crippen LogP contribution >= 0.6 is 0 Å². The third-order valence-electron chi connectivity index (χ3n) is 4.67. The average molecular weight is 307 g/mol. The average Bonchev–Trinajstić information content (AvgIpc) is 3.11. The molecule has 1 atom stereocenters. The molecule has 1 aromatic heterocycles. The normalized spacial score (nSPS) is 23.8. The molecule has 2 aliphatic heterocycles. The zero-order valence-electron chi connectivity index (χ0n) is 13.4. The Bertz CT molecular complexity index is 495. The number of nitrogens with one attached hydrogen (secondary N) is 1. The van der Waals surface area contributed by atoms with Crippen LogP contribution in [0.3, 0.4) is 0 Å². The molecule has 122 valence electrons. The van der Waals surface area contributed by atoms with Gasteiger partial charge in [-0.25, -0.2) is 0 Å². The molecular weight excluding hydrogens is 282 g/mol. The van der Waals surface area contributed by atoms with Crippen molar-refractivity contribution in [2.45, 2.75) is 51.7 Å².